The van der Waals surface area contributed by atoms with Crippen LogP contribution in [0.4, 0.5) is 0 Å². The second-order valence-corrected chi connectivity index (χ2v) is 3.73. The Kier molecular flexibility index (Phi) is 10.1. The van der Waals surface area contributed by atoms with Crippen molar-refractivity contribution < 1.29 is 9.53 Å². The molecule has 0 aromatic rings. The number of carbonyl (C=O) groups is 1. The SMILES string of the molecule is C=CCOCCCC(=O)NC[C@@H](C)NCC. The molecule has 0 radical (unpaired) electrons. The molecule has 94 valence electrons. The van der Waals surface area contributed by atoms with Crippen molar-refractivity contribution in [3.05, 3.63) is 12.7 Å². The van der Waals surface area contributed by atoms with E-state index in [4.69, 9.17) is 4.74 Å². The zero-order valence-electron chi connectivity index (χ0n) is 10.4. The first-order valence-corrected chi connectivity index (χ1v) is 5.89. The number of ether oxygens (including phenoxy) is 1. The zero-order chi connectivity index (χ0) is 12.2. The fourth-order valence-electron chi connectivity index (χ4n) is 1.28. The van der Waals surface area contributed by atoms with E-state index in [0.29, 0.717) is 32.2 Å². The Morgan fingerprint density at radius 3 is 2.94 bits per heavy atom. The minimum absolute atomic E-state index is 0.0898. The Hall–Kier alpha value is -0.870. The van der Waals surface area contributed by atoms with Crippen LogP contribution in [-0.4, -0.2) is 38.3 Å². The van der Waals surface area contributed by atoms with Crippen LogP contribution in [0.3, 0.4) is 0 Å². The van der Waals surface area contributed by atoms with Crippen molar-refractivity contribution in [1.82, 2.24) is 10.6 Å². The van der Waals surface area contributed by atoms with E-state index in [9.17, 15) is 4.79 Å². The number of carbonyl (C=O) groups excluding carboxylic acids is 1. The molecule has 0 aromatic carbocycles. The van der Waals surface area contributed by atoms with E-state index in [-0.39, 0.29) is 5.91 Å². The summed E-state index contributed by atoms with van der Waals surface area (Å²) in [4.78, 5) is 11.4. The second kappa shape index (κ2) is 10.6. The lowest BCUT2D eigenvalue weighted by molar-refractivity contribution is -0.121. The van der Waals surface area contributed by atoms with E-state index in [1.165, 1.54) is 0 Å². The Balaban J connectivity index is 3.33. The van der Waals surface area contributed by atoms with E-state index in [1.54, 1.807) is 6.08 Å². The Labute approximate surface area is 98.4 Å². The third-order valence-electron chi connectivity index (χ3n) is 2.09. The molecular weight excluding hydrogens is 204 g/mol. The number of nitrogens with one attached hydrogen (secondary N) is 2. The Morgan fingerprint density at radius 2 is 2.31 bits per heavy atom. The van der Waals surface area contributed by atoms with Gasteiger partial charge in [0.1, 0.15) is 0 Å². The molecule has 0 rings (SSSR count). The minimum atomic E-state index is 0.0898. The van der Waals surface area contributed by atoms with Crippen LogP contribution in [0.5, 0.6) is 0 Å². The summed E-state index contributed by atoms with van der Waals surface area (Å²) in [5.74, 6) is 0.0898. The van der Waals surface area contributed by atoms with Crippen LogP contribution in [0.2, 0.25) is 0 Å². The highest BCUT2D eigenvalue weighted by Gasteiger charge is 2.03. The van der Waals surface area contributed by atoms with Gasteiger partial charge in [0.2, 0.25) is 5.91 Å². The van der Waals surface area contributed by atoms with Gasteiger partial charge in [-0.15, -0.1) is 6.58 Å². The van der Waals surface area contributed by atoms with Crippen molar-refractivity contribution in [2.24, 2.45) is 0 Å². The third kappa shape index (κ3) is 9.68. The lowest BCUT2D eigenvalue weighted by Gasteiger charge is -2.13. The molecule has 0 spiro atoms. The van der Waals surface area contributed by atoms with Crippen LogP contribution in [0, 0.1) is 0 Å². The lowest BCUT2D eigenvalue weighted by Crippen LogP contribution is -2.38. The summed E-state index contributed by atoms with van der Waals surface area (Å²) < 4.78 is 5.19. The van der Waals surface area contributed by atoms with Crippen molar-refractivity contribution in [2.45, 2.75) is 32.7 Å². The molecule has 0 heterocycles. The van der Waals surface area contributed by atoms with Gasteiger partial charge in [-0.05, 0) is 19.9 Å². The highest BCUT2D eigenvalue weighted by Crippen LogP contribution is 1.91. The van der Waals surface area contributed by atoms with Crippen LogP contribution < -0.4 is 10.6 Å². The third-order valence-corrected chi connectivity index (χ3v) is 2.09. The largest absolute Gasteiger partial charge is 0.377 e. The average molecular weight is 228 g/mol. The summed E-state index contributed by atoms with van der Waals surface area (Å²) in [5, 5.41) is 6.12. The normalized spacial score (nSPS) is 12.1. The number of rotatable bonds is 10. The molecule has 0 bridgehead atoms. The molecule has 0 fully saturated rings. The molecule has 0 aliphatic carbocycles. The molecule has 0 aromatic heterocycles. The van der Waals surface area contributed by atoms with Gasteiger partial charge in [-0.2, -0.15) is 0 Å². The first kappa shape index (κ1) is 15.1. The van der Waals surface area contributed by atoms with Crippen LogP contribution in [0.1, 0.15) is 26.7 Å². The smallest absolute Gasteiger partial charge is 0.220 e. The fourth-order valence-corrected chi connectivity index (χ4v) is 1.28. The molecule has 1 atom stereocenters. The minimum Gasteiger partial charge on any atom is -0.377 e. The van der Waals surface area contributed by atoms with Crippen LogP contribution in [0.15, 0.2) is 12.7 Å². The summed E-state index contributed by atoms with van der Waals surface area (Å²) in [6.45, 7) is 10.4. The van der Waals surface area contributed by atoms with Crippen LogP contribution in [-0.2, 0) is 9.53 Å². The lowest BCUT2D eigenvalue weighted by atomic mass is 10.3. The van der Waals surface area contributed by atoms with E-state index < -0.39 is 0 Å². The van der Waals surface area contributed by atoms with E-state index in [0.717, 1.165) is 13.0 Å². The van der Waals surface area contributed by atoms with Gasteiger partial charge in [0.05, 0.1) is 6.61 Å². The highest BCUT2D eigenvalue weighted by atomic mass is 16.5. The average Bonchev–Trinajstić information content (AvgIpc) is 2.26. The maximum Gasteiger partial charge on any atom is 0.220 e. The molecule has 2 N–H and O–H groups in total. The molecule has 0 saturated heterocycles. The van der Waals surface area contributed by atoms with Gasteiger partial charge in [0.15, 0.2) is 0 Å². The Morgan fingerprint density at radius 1 is 1.56 bits per heavy atom. The molecule has 0 aliphatic heterocycles. The predicted molar refractivity (Wildman–Crippen MR) is 66.4 cm³/mol. The summed E-state index contributed by atoms with van der Waals surface area (Å²) >= 11 is 0. The molecule has 0 unspecified atom stereocenters. The first-order valence-electron chi connectivity index (χ1n) is 5.89. The van der Waals surface area contributed by atoms with Gasteiger partial charge in [-0.1, -0.05) is 13.0 Å². The van der Waals surface area contributed by atoms with Gasteiger partial charge in [-0.25, -0.2) is 0 Å². The van der Waals surface area contributed by atoms with Crippen molar-refractivity contribution in [3.8, 4) is 0 Å². The number of hydrogen-bond donors (Lipinski definition) is 2. The quantitative estimate of drug-likeness (QED) is 0.434. The summed E-state index contributed by atoms with van der Waals surface area (Å²) in [7, 11) is 0. The molecule has 16 heavy (non-hydrogen) atoms. The predicted octanol–water partition coefficient (Wildman–Crippen LogP) is 1.08. The van der Waals surface area contributed by atoms with Gasteiger partial charge < -0.3 is 15.4 Å². The summed E-state index contributed by atoms with van der Waals surface area (Å²) in [6.07, 6.45) is 2.99. The van der Waals surface area contributed by atoms with Gasteiger partial charge >= 0.3 is 0 Å². The molecule has 4 heteroatoms. The monoisotopic (exact) mass is 228 g/mol. The molecular formula is C12H24N2O2. The molecule has 4 nitrogen and oxygen atoms in total. The fraction of sp³-hybridized carbons (Fsp3) is 0.750. The van der Waals surface area contributed by atoms with Gasteiger partial charge in [0, 0.05) is 25.6 Å². The highest BCUT2D eigenvalue weighted by molar-refractivity contribution is 5.75. The van der Waals surface area contributed by atoms with Crippen molar-refractivity contribution in [1.29, 1.82) is 0 Å². The topological polar surface area (TPSA) is 50.4 Å². The number of hydrogen-bond acceptors (Lipinski definition) is 3. The van der Waals surface area contributed by atoms with Crippen LogP contribution >= 0.6 is 0 Å². The maximum absolute atomic E-state index is 11.4. The van der Waals surface area contributed by atoms with E-state index in [1.807, 2.05) is 0 Å². The summed E-state index contributed by atoms with van der Waals surface area (Å²) in [5.41, 5.74) is 0. The van der Waals surface area contributed by atoms with Gasteiger partial charge in [-0.3, -0.25) is 4.79 Å². The van der Waals surface area contributed by atoms with Crippen molar-refractivity contribution in [3.63, 3.8) is 0 Å². The molecule has 0 aliphatic rings. The van der Waals surface area contributed by atoms with Crippen molar-refractivity contribution >= 4 is 5.91 Å². The molecule has 0 saturated carbocycles. The second-order valence-electron chi connectivity index (χ2n) is 3.73. The molecule has 1 amide bonds. The van der Waals surface area contributed by atoms with E-state index in [2.05, 4.69) is 31.1 Å². The van der Waals surface area contributed by atoms with Gasteiger partial charge in [0.25, 0.3) is 0 Å². The standard InChI is InChI=1S/C12H24N2O2/c1-4-8-16-9-6-7-12(15)14-10-11(3)13-5-2/h4,11,13H,1,5-10H2,2-3H3,(H,14,15)/t11-/m1/s1. The number of likely N-dealkylation sites (N-methyl/N-ethyl adjacent to an activating group) is 1. The Bertz CT molecular complexity index is 195. The zero-order valence-corrected chi connectivity index (χ0v) is 10.4. The number of amides is 1. The maximum atomic E-state index is 11.4. The van der Waals surface area contributed by atoms with Crippen molar-refractivity contribution in [2.75, 3.05) is 26.3 Å². The summed E-state index contributed by atoms with van der Waals surface area (Å²) in [6, 6.07) is 0.325. The van der Waals surface area contributed by atoms with E-state index >= 15 is 0 Å². The van der Waals surface area contributed by atoms with Crippen LogP contribution in [0.25, 0.3) is 0 Å². The first-order chi connectivity index (χ1) is 7.70.